The summed E-state index contributed by atoms with van der Waals surface area (Å²) in [4.78, 5) is 12.3. The van der Waals surface area contributed by atoms with Crippen molar-refractivity contribution in [3.05, 3.63) is 48.3 Å². The molecule has 0 atom stereocenters. The number of aryl methyl sites for hydroxylation is 1. The summed E-state index contributed by atoms with van der Waals surface area (Å²) < 4.78 is 7.23. The minimum Gasteiger partial charge on any atom is -0.424 e. The Balaban J connectivity index is 1.96. The summed E-state index contributed by atoms with van der Waals surface area (Å²) in [5, 5.41) is 4.06. The van der Waals surface area contributed by atoms with Gasteiger partial charge in [0.05, 0.1) is 0 Å². The quantitative estimate of drug-likeness (QED) is 0.786. The van der Waals surface area contributed by atoms with Crippen molar-refractivity contribution < 1.29 is 4.74 Å². The van der Waals surface area contributed by atoms with Crippen LogP contribution in [0.15, 0.2) is 42.7 Å². The molecule has 0 saturated carbocycles. The zero-order chi connectivity index (χ0) is 14.7. The largest absolute Gasteiger partial charge is 0.424 e. The standard InChI is InChI=1S/C14H14N6O/c1-2-10-6-3-4-7-11(10)21-14-18-12(15)17-13(19-14)20-9-5-8-16-20/h3-9H,2H2,1H3,(H2,15,17,18,19). The summed E-state index contributed by atoms with van der Waals surface area (Å²) in [7, 11) is 0. The second-order valence-electron chi connectivity index (χ2n) is 4.29. The average molecular weight is 282 g/mol. The van der Waals surface area contributed by atoms with Crippen molar-refractivity contribution in [2.75, 3.05) is 5.73 Å². The lowest BCUT2D eigenvalue weighted by molar-refractivity contribution is 0.434. The van der Waals surface area contributed by atoms with E-state index in [2.05, 4.69) is 27.0 Å². The predicted octanol–water partition coefficient (Wildman–Crippen LogP) is 1.99. The minimum atomic E-state index is 0.0829. The molecule has 0 amide bonds. The van der Waals surface area contributed by atoms with Crippen molar-refractivity contribution in [1.29, 1.82) is 0 Å². The Morgan fingerprint density at radius 1 is 1.14 bits per heavy atom. The molecule has 2 aromatic heterocycles. The van der Waals surface area contributed by atoms with Crippen molar-refractivity contribution in [1.82, 2.24) is 24.7 Å². The highest BCUT2D eigenvalue weighted by molar-refractivity contribution is 5.36. The summed E-state index contributed by atoms with van der Waals surface area (Å²) in [6, 6.07) is 9.64. The summed E-state index contributed by atoms with van der Waals surface area (Å²) in [5.41, 5.74) is 6.77. The fourth-order valence-corrected chi connectivity index (χ4v) is 1.89. The molecule has 0 unspecified atom stereocenters. The number of nitrogens with zero attached hydrogens (tertiary/aromatic N) is 5. The second kappa shape index (κ2) is 5.58. The van der Waals surface area contributed by atoms with E-state index in [4.69, 9.17) is 10.5 Å². The van der Waals surface area contributed by atoms with E-state index >= 15 is 0 Å². The van der Waals surface area contributed by atoms with Crippen molar-refractivity contribution in [2.45, 2.75) is 13.3 Å². The third-order valence-electron chi connectivity index (χ3n) is 2.88. The molecular weight excluding hydrogens is 268 g/mol. The molecule has 0 radical (unpaired) electrons. The first-order chi connectivity index (χ1) is 10.3. The van der Waals surface area contributed by atoms with E-state index in [9.17, 15) is 0 Å². The number of aromatic nitrogens is 5. The highest BCUT2D eigenvalue weighted by Crippen LogP contribution is 2.23. The van der Waals surface area contributed by atoms with Crippen LogP contribution in [0.1, 0.15) is 12.5 Å². The number of nitrogens with two attached hydrogens (primary N) is 1. The lowest BCUT2D eigenvalue weighted by atomic mass is 10.1. The van der Waals surface area contributed by atoms with Gasteiger partial charge in [0.15, 0.2) is 0 Å². The molecular formula is C14H14N6O. The Bertz CT molecular complexity index is 741. The summed E-state index contributed by atoms with van der Waals surface area (Å²) in [5.74, 6) is 1.10. The number of hydrogen-bond donors (Lipinski definition) is 1. The van der Waals surface area contributed by atoms with E-state index in [1.165, 1.54) is 4.68 Å². The van der Waals surface area contributed by atoms with E-state index in [1.54, 1.807) is 18.5 Å². The zero-order valence-electron chi connectivity index (χ0n) is 11.5. The summed E-state index contributed by atoms with van der Waals surface area (Å²) in [6.07, 6.45) is 4.20. The number of benzene rings is 1. The fraction of sp³-hybridized carbons (Fsp3) is 0.143. The molecule has 106 valence electrons. The van der Waals surface area contributed by atoms with Gasteiger partial charge in [0.25, 0.3) is 5.95 Å². The van der Waals surface area contributed by atoms with Crippen LogP contribution < -0.4 is 10.5 Å². The van der Waals surface area contributed by atoms with E-state index in [0.717, 1.165) is 12.0 Å². The van der Waals surface area contributed by atoms with Crippen LogP contribution in [0.2, 0.25) is 0 Å². The van der Waals surface area contributed by atoms with Gasteiger partial charge in [0.2, 0.25) is 5.95 Å². The molecule has 7 nitrogen and oxygen atoms in total. The topological polar surface area (TPSA) is 91.7 Å². The Morgan fingerprint density at radius 2 is 2.00 bits per heavy atom. The van der Waals surface area contributed by atoms with Crippen LogP contribution in [0.25, 0.3) is 5.95 Å². The van der Waals surface area contributed by atoms with Crippen LogP contribution in [0, 0.1) is 0 Å². The summed E-state index contributed by atoms with van der Waals surface area (Å²) >= 11 is 0. The number of hydrogen-bond acceptors (Lipinski definition) is 6. The molecule has 2 N–H and O–H groups in total. The lowest BCUT2D eigenvalue weighted by Crippen LogP contribution is -2.08. The van der Waals surface area contributed by atoms with Crippen molar-refractivity contribution in [3.63, 3.8) is 0 Å². The van der Waals surface area contributed by atoms with Crippen LogP contribution in [0.5, 0.6) is 11.8 Å². The van der Waals surface area contributed by atoms with E-state index in [-0.39, 0.29) is 12.0 Å². The van der Waals surface area contributed by atoms with Gasteiger partial charge in [-0.25, -0.2) is 4.68 Å². The molecule has 0 aliphatic carbocycles. The third-order valence-corrected chi connectivity index (χ3v) is 2.88. The van der Waals surface area contributed by atoms with Gasteiger partial charge in [0, 0.05) is 12.4 Å². The van der Waals surface area contributed by atoms with Gasteiger partial charge in [-0.15, -0.1) is 0 Å². The Morgan fingerprint density at radius 3 is 2.76 bits per heavy atom. The van der Waals surface area contributed by atoms with Crippen molar-refractivity contribution in [3.8, 4) is 17.7 Å². The monoisotopic (exact) mass is 282 g/mol. The smallest absolute Gasteiger partial charge is 0.328 e. The zero-order valence-corrected chi connectivity index (χ0v) is 11.5. The first-order valence-electron chi connectivity index (χ1n) is 6.53. The number of rotatable bonds is 4. The molecule has 21 heavy (non-hydrogen) atoms. The van der Waals surface area contributed by atoms with Gasteiger partial charge >= 0.3 is 6.01 Å². The number of para-hydroxylation sites is 1. The molecule has 3 aromatic rings. The lowest BCUT2D eigenvalue weighted by Gasteiger charge is -2.09. The Hall–Kier alpha value is -2.96. The molecule has 7 heteroatoms. The van der Waals surface area contributed by atoms with Gasteiger partial charge in [0.1, 0.15) is 5.75 Å². The van der Waals surface area contributed by atoms with E-state index in [1.807, 2.05) is 24.3 Å². The molecule has 0 spiro atoms. The molecule has 3 rings (SSSR count). The van der Waals surface area contributed by atoms with E-state index in [0.29, 0.717) is 11.7 Å². The predicted molar refractivity (Wildman–Crippen MR) is 77.3 cm³/mol. The molecule has 0 saturated heterocycles. The molecule has 0 fully saturated rings. The van der Waals surface area contributed by atoms with Gasteiger partial charge in [-0.2, -0.15) is 20.1 Å². The van der Waals surface area contributed by atoms with E-state index < -0.39 is 0 Å². The molecule has 0 aliphatic heterocycles. The fourth-order valence-electron chi connectivity index (χ4n) is 1.89. The molecule has 1 aromatic carbocycles. The first-order valence-corrected chi connectivity index (χ1v) is 6.53. The number of ether oxygens (including phenoxy) is 1. The van der Waals surface area contributed by atoms with Gasteiger partial charge in [-0.05, 0) is 24.1 Å². The van der Waals surface area contributed by atoms with Crippen molar-refractivity contribution in [2.24, 2.45) is 0 Å². The second-order valence-corrected chi connectivity index (χ2v) is 4.29. The number of nitrogen functional groups attached to an aromatic ring is 1. The highest BCUT2D eigenvalue weighted by atomic mass is 16.5. The maximum absolute atomic E-state index is 5.74. The third kappa shape index (κ3) is 2.81. The van der Waals surface area contributed by atoms with Crippen LogP contribution in [-0.4, -0.2) is 24.7 Å². The molecule has 2 heterocycles. The average Bonchev–Trinajstić information content (AvgIpc) is 3.01. The Labute approximate surface area is 121 Å². The van der Waals surface area contributed by atoms with Crippen LogP contribution in [-0.2, 0) is 6.42 Å². The van der Waals surface area contributed by atoms with Crippen LogP contribution >= 0.6 is 0 Å². The van der Waals surface area contributed by atoms with Crippen molar-refractivity contribution >= 4 is 5.95 Å². The number of anilines is 1. The molecule has 0 aliphatic rings. The Kier molecular flexibility index (Phi) is 3.46. The van der Waals surface area contributed by atoms with Gasteiger partial charge in [-0.3, -0.25) is 0 Å². The normalized spacial score (nSPS) is 10.5. The maximum atomic E-state index is 5.74. The first kappa shape index (κ1) is 13.0. The van der Waals surface area contributed by atoms with Crippen LogP contribution in [0.3, 0.4) is 0 Å². The maximum Gasteiger partial charge on any atom is 0.328 e. The highest BCUT2D eigenvalue weighted by Gasteiger charge is 2.10. The SMILES string of the molecule is CCc1ccccc1Oc1nc(N)nc(-n2cccn2)n1. The summed E-state index contributed by atoms with van der Waals surface area (Å²) in [6.45, 7) is 2.05. The molecule has 0 bridgehead atoms. The van der Waals surface area contributed by atoms with Crippen LogP contribution in [0.4, 0.5) is 5.95 Å². The van der Waals surface area contributed by atoms with Gasteiger partial charge < -0.3 is 10.5 Å². The van der Waals surface area contributed by atoms with Gasteiger partial charge in [-0.1, -0.05) is 25.1 Å². The minimum absolute atomic E-state index is 0.0829.